The topological polar surface area (TPSA) is 91.5 Å². The number of aryl methyl sites for hydroxylation is 2. The predicted octanol–water partition coefficient (Wildman–Crippen LogP) is 3.60. The Labute approximate surface area is 195 Å². The summed E-state index contributed by atoms with van der Waals surface area (Å²) in [7, 11) is 0. The van der Waals surface area contributed by atoms with Crippen LogP contribution in [0.4, 0.5) is 0 Å². The fourth-order valence-electron chi connectivity index (χ4n) is 4.51. The number of ether oxygens (including phenoxy) is 1. The largest absolute Gasteiger partial charge is 0.461 e. The van der Waals surface area contributed by atoms with Gasteiger partial charge >= 0.3 is 5.97 Å². The number of H-pyrrole nitrogens is 1. The number of piperidine rings is 1. The van der Waals surface area contributed by atoms with Crippen LogP contribution in [0, 0.1) is 26.7 Å². The Kier molecular flexibility index (Phi) is 8.31. The minimum Gasteiger partial charge on any atom is -0.461 e. The molecule has 1 aromatic carbocycles. The van der Waals surface area contributed by atoms with E-state index in [4.69, 9.17) is 4.74 Å². The highest BCUT2D eigenvalue weighted by Gasteiger charge is 2.28. The van der Waals surface area contributed by atoms with Crippen molar-refractivity contribution in [2.75, 3.05) is 19.7 Å². The van der Waals surface area contributed by atoms with Gasteiger partial charge in [-0.3, -0.25) is 9.59 Å². The lowest BCUT2D eigenvalue weighted by molar-refractivity contribution is -0.135. The quantitative estimate of drug-likeness (QED) is 0.598. The maximum absolute atomic E-state index is 12.9. The summed E-state index contributed by atoms with van der Waals surface area (Å²) >= 11 is 0. The standard InChI is InChI=1S/C26H35N3O4/c1-5-33-26(32)24-18(3)22(19(4)28-24)12-13-23(30)29-14-8-11-21(16-29)25(31)27-15-20-10-7-6-9-17(20)2/h6-7,9-10,21,28H,5,8,11-16H2,1-4H3,(H,27,31)/t21-/m0/s1. The molecule has 2 heterocycles. The number of aromatic amines is 1. The van der Waals surface area contributed by atoms with E-state index in [-0.39, 0.29) is 23.7 Å². The second-order valence-electron chi connectivity index (χ2n) is 8.77. The van der Waals surface area contributed by atoms with E-state index < -0.39 is 0 Å². The van der Waals surface area contributed by atoms with E-state index in [0.717, 1.165) is 40.8 Å². The number of carbonyl (C=O) groups is 3. The minimum absolute atomic E-state index is 0.00662. The van der Waals surface area contributed by atoms with Gasteiger partial charge in [-0.05, 0) is 69.2 Å². The third-order valence-electron chi connectivity index (χ3n) is 6.52. The third kappa shape index (κ3) is 6.03. The van der Waals surface area contributed by atoms with Gasteiger partial charge in [0.1, 0.15) is 5.69 Å². The number of nitrogens with one attached hydrogen (secondary N) is 2. The van der Waals surface area contributed by atoms with Gasteiger partial charge in [-0.1, -0.05) is 24.3 Å². The number of carbonyl (C=O) groups excluding carboxylic acids is 3. The molecule has 0 saturated carbocycles. The zero-order valence-electron chi connectivity index (χ0n) is 20.1. The molecular formula is C26H35N3O4. The molecule has 1 fully saturated rings. The highest BCUT2D eigenvalue weighted by molar-refractivity contribution is 5.90. The summed E-state index contributed by atoms with van der Waals surface area (Å²) in [4.78, 5) is 42.7. The van der Waals surface area contributed by atoms with E-state index in [0.29, 0.717) is 44.8 Å². The number of likely N-dealkylation sites (tertiary alicyclic amines) is 1. The SMILES string of the molecule is CCOC(=O)c1[nH]c(C)c(CCC(=O)N2CCC[C@H](C(=O)NCc3ccccc3C)C2)c1C. The van der Waals surface area contributed by atoms with E-state index in [1.165, 1.54) is 0 Å². The summed E-state index contributed by atoms with van der Waals surface area (Å²) < 4.78 is 5.10. The monoisotopic (exact) mass is 453 g/mol. The first-order valence-corrected chi connectivity index (χ1v) is 11.8. The Balaban J connectivity index is 1.54. The Morgan fingerprint density at radius 1 is 1.18 bits per heavy atom. The van der Waals surface area contributed by atoms with Crippen molar-refractivity contribution in [3.63, 3.8) is 0 Å². The van der Waals surface area contributed by atoms with Gasteiger partial charge in [0.25, 0.3) is 0 Å². The van der Waals surface area contributed by atoms with Gasteiger partial charge in [0.2, 0.25) is 11.8 Å². The van der Waals surface area contributed by atoms with Crippen molar-refractivity contribution >= 4 is 17.8 Å². The molecular weight excluding hydrogens is 418 g/mol. The zero-order chi connectivity index (χ0) is 24.0. The molecule has 1 aliphatic heterocycles. The molecule has 7 heteroatoms. The molecule has 2 N–H and O–H groups in total. The van der Waals surface area contributed by atoms with Crippen LogP contribution in [0.3, 0.4) is 0 Å². The smallest absolute Gasteiger partial charge is 0.355 e. The number of nitrogens with zero attached hydrogens (tertiary/aromatic N) is 1. The van der Waals surface area contributed by atoms with Gasteiger partial charge < -0.3 is 19.9 Å². The van der Waals surface area contributed by atoms with E-state index in [2.05, 4.69) is 10.3 Å². The first-order valence-electron chi connectivity index (χ1n) is 11.8. The molecule has 178 valence electrons. The van der Waals surface area contributed by atoms with E-state index >= 15 is 0 Å². The number of aromatic nitrogens is 1. The molecule has 2 amide bonds. The molecule has 1 saturated heterocycles. The lowest BCUT2D eigenvalue weighted by atomic mass is 9.96. The van der Waals surface area contributed by atoms with Crippen LogP contribution in [-0.2, 0) is 27.3 Å². The van der Waals surface area contributed by atoms with Crippen LogP contribution in [-0.4, -0.2) is 47.4 Å². The van der Waals surface area contributed by atoms with Crippen molar-refractivity contribution in [2.45, 2.75) is 59.9 Å². The Morgan fingerprint density at radius 2 is 1.94 bits per heavy atom. The van der Waals surface area contributed by atoms with Gasteiger partial charge in [-0.15, -0.1) is 0 Å². The average molecular weight is 454 g/mol. The van der Waals surface area contributed by atoms with Crippen molar-refractivity contribution in [3.8, 4) is 0 Å². The summed E-state index contributed by atoms with van der Waals surface area (Å²) in [5.41, 5.74) is 5.42. The fourth-order valence-corrected chi connectivity index (χ4v) is 4.51. The van der Waals surface area contributed by atoms with E-state index in [1.807, 2.05) is 49.9 Å². The van der Waals surface area contributed by atoms with Crippen molar-refractivity contribution in [1.29, 1.82) is 0 Å². The van der Waals surface area contributed by atoms with Gasteiger partial charge in [0, 0.05) is 31.7 Å². The van der Waals surface area contributed by atoms with Crippen LogP contribution >= 0.6 is 0 Å². The minimum atomic E-state index is -0.369. The number of amides is 2. The lowest BCUT2D eigenvalue weighted by Gasteiger charge is -2.32. The van der Waals surface area contributed by atoms with Crippen molar-refractivity contribution in [1.82, 2.24) is 15.2 Å². The number of esters is 1. The highest BCUT2D eigenvalue weighted by Crippen LogP contribution is 2.22. The zero-order valence-corrected chi connectivity index (χ0v) is 20.1. The van der Waals surface area contributed by atoms with E-state index in [1.54, 1.807) is 6.92 Å². The molecule has 33 heavy (non-hydrogen) atoms. The van der Waals surface area contributed by atoms with E-state index in [9.17, 15) is 14.4 Å². The molecule has 0 spiro atoms. The molecule has 2 aromatic rings. The predicted molar refractivity (Wildman–Crippen MR) is 127 cm³/mol. The van der Waals surface area contributed by atoms with Crippen LogP contribution in [0.25, 0.3) is 0 Å². The summed E-state index contributed by atoms with van der Waals surface area (Å²) in [5, 5.41) is 3.04. The summed E-state index contributed by atoms with van der Waals surface area (Å²) in [5.74, 6) is -0.500. The summed E-state index contributed by atoms with van der Waals surface area (Å²) in [6, 6.07) is 8.01. The average Bonchev–Trinajstić information content (AvgIpc) is 3.10. The van der Waals surface area contributed by atoms with Crippen molar-refractivity contribution in [3.05, 3.63) is 57.9 Å². The second-order valence-corrected chi connectivity index (χ2v) is 8.77. The molecule has 0 unspecified atom stereocenters. The van der Waals surface area contributed by atoms with Crippen LogP contribution in [0.15, 0.2) is 24.3 Å². The lowest BCUT2D eigenvalue weighted by Crippen LogP contribution is -2.45. The summed E-state index contributed by atoms with van der Waals surface area (Å²) in [6.45, 7) is 9.56. The van der Waals surface area contributed by atoms with Gasteiger partial charge in [-0.25, -0.2) is 4.79 Å². The third-order valence-corrected chi connectivity index (χ3v) is 6.52. The molecule has 0 bridgehead atoms. The maximum Gasteiger partial charge on any atom is 0.355 e. The molecule has 1 aliphatic rings. The molecule has 1 atom stereocenters. The number of benzene rings is 1. The van der Waals surface area contributed by atoms with Crippen LogP contribution < -0.4 is 5.32 Å². The molecule has 0 radical (unpaired) electrons. The maximum atomic E-state index is 12.9. The fraction of sp³-hybridized carbons (Fsp3) is 0.500. The Bertz CT molecular complexity index is 1010. The molecule has 3 rings (SSSR count). The highest BCUT2D eigenvalue weighted by atomic mass is 16.5. The first-order chi connectivity index (χ1) is 15.8. The van der Waals surface area contributed by atoms with Crippen molar-refractivity contribution < 1.29 is 19.1 Å². The molecule has 7 nitrogen and oxygen atoms in total. The van der Waals surface area contributed by atoms with Crippen molar-refractivity contribution in [2.24, 2.45) is 5.92 Å². The molecule has 1 aromatic heterocycles. The number of hydrogen-bond donors (Lipinski definition) is 2. The van der Waals surface area contributed by atoms with Gasteiger partial charge in [-0.2, -0.15) is 0 Å². The Morgan fingerprint density at radius 3 is 2.67 bits per heavy atom. The second kappa shape index (κ2) is 11.2. The van der Waals surface area contributed by atoms with Crippen LogP contribution in [0.2, 0.25) is 0 Å². The van der Waals surface area contributed by atoms with Gasteiger partial charge in [0.15, 0.2) is 0 Å². The number of rotatable bonds is 8. The Hall–Kier alpha value is -3.09. The normalized spacial score (nSPS) is 15.9. The first kappa shape index (κ1) is 24.6. The molecule has 0 aliphatic carbocycles. The van der Waals surface area contributed by atoms with Crippen LogP contribution in [0.5, 0.6) is 0 Å². The summed E-state index contributed by atoms with van der Waals surface area (Å²) in [6.07, 6.45) is 2.51. The van der Waals surface area contributed by atoms with Crippen LogP contribution in [0.1, 0.15) is 64.6 Å². The van der Waals surface area contributed by atoms with Gasteiger partial charge in [0.05, 0.1) is 12.5 Å². The number of hydrogen-bond acceptors (Lipinski definition) is 4.